The van der Waals surface area contributed by atoms with Crippen LogP contribution in [0.2, 0.25) is 0 Å². The van der Waals surface area contributed by atoms with E-state index in [1.165, 1.54) is 24.3 Å². The van der Waals surface area contributed by atoms with Gasteiger partial charge in [0.15, 0.2) is 0 Å². The third-order valence-corrected chi connectivity index (χ3v) is 4.35. The van der Waals surface area contributed by atoms with E-state index in [2.05, 4.69) is 11.3 Å². The fourth-order valence-corrected chi connectivity index (χ4v) is 2.98. The highest BCUT2D eigenvalue weighted by atomic mass is 19.3. The van der Waals surface area contributed by atoms with E-state index in [1.54, 1.807) is 0 Å². The lowest BCUT2D eigenvalue weighted by atomic mass is 9.80. The van der Waals surface area contributed by atoms with Crippen molar-refractivity contribution in [2.75, 3.05) is 0 Å². The number of halogens is 4. The molecule has 0 aromatic heterocycles. The van der Waals surface area contributed by atoms with Crippen LogP contribution in [0.25, 0.3) is 0 Å². The van der Waals surface area contributed by atoms with Crippen LogP contribution in [-0.4, -0.2) is 12.7 Å². The summed E-state index contributed by atoms with van der Waals surface area (Å²) in [6.07, 6.45) is 1.73. The highest BCUT2D eigenvalue weighted by Crippen LogP contribution is 2.37. The second-order valence-electron chi connectivity index (χ2n) is 6.17. The molecular weight excluding hydrogens is 324 g/mol. The number of benzene rings is 1. The molecule has 6 heteroatoms. The van der Waals surface area contributed by atoms with E-state index in [1.807, 2.05) is 6.08 Å². The van der Waals surface area contributed by atoms with Crippen LogP contribution >= 0.6 is 0 Å². The molecule has 1 saturated carbocycles. The average Bonchev–Trinajstić information content (AvgIpc) is 2.54. The first-order chi connectivity index (χ1) is 11.4. The largest absolute Gasteiger partial charge is 0.435 e. The summed E-state index contributed by atoms with van der Waals surface area (Å²) in [5.41, 5.74) is 0.478. The van der Waals surface area contributed by atoms with E-state index >= 15 is 0 Å². The van der Waals surface area contributed by atoms with Gasteiger partial charge in [-0.2, -0.15) is 17.6 Å². The first-order valence-corrected chi connectivity index (χ1v) is 8.06. The van der Waals surface area contributed by atoms with Crippen molar-refractivity contribution in [3.8, 4) is 5.75 Å². The Morgan fingerprint density at radius 3 is 2.29 bits per heavy atom. The van der Waals surface area contributed by atoms with Crippen LogP contribution in [0.5, 0.6) is 5.75 Å². The van der Waals surface area contributed by atoms with Gasteiger partial charge in [0.1, 0.15) is 5.75 Å². The Morgan fingerprint density at radius 1 is 1.12 bits per heavy atom. The number of alkyl halides is 4. The van der Waals surface area contributed by atoms with Crippen LogP contribution in [0.4, 0.5) is 17.6 Å². The number of ether oxygens (including phenoxy) is 2. The molecule has 0 spiro atoms. The summed E-state index contributed by atoms with van der Waals surface area (Å²) < 4.78 is 61.0. The lowest BCUT2D eigenvalue weighted by molar-refractivity contribution is -0.256. The van der Waals surface area contributed by atoms with Crippen LogP contribution in [0.3, 0.4) is 0 Å². The molecule has 2 rings (SSSR count). The molecular formula is C18H22F4O2. The molecule has 2 nitrogen and oxygen atoms in total. The molecule has 0 unspecified atom stereocenters. The first-order valence-electron chi connectivity index (χ1n) is 8.06. The zero-order valence-electron chi connectivity index (χ0n) is 13.4. The molecule has 134 valence electrons. The summed E-state index contributed by atoms with van der Waals surface area (Å²) in [5.74, 6) is 0.377. The average molecular weight is 346 g/mol. The Hall–Kier alpha value is -1.56. The van der Waals surface area contributed by atoms with E-state index in [0.29, 0.717) is 11.5 Å². The minimum absolute atomic E-state index is 0.0144. The molecule has 0 N–H and O–H groups in total. The van der Waals surface area contributed by atoms with Crippen LogP contribution in [0.1, 0.15) is 37.7 Å². The minimum atomic E-state index is -3.19. The molecule has 0 radical (unpaired) electrons. The van der Waals surface area contributed by atoms with Crippen molar-refractivity contribution in [3.63, 3.8) is 0 Å². The summed E-state index contributed by atoms with van der Waals surface area (Å²) in [4.78, 5) is 0. The van der Waals surface area contributed by atoms with E-state index in [-0.39, 0.29) is 24.7 Å². The topological polar surface area (TPSA) is 18.5 Å². The van der Waals surface area contributed by atoms with E-state index < -0.39 is 12.7 Å². The highest BCUT2D eigenvalue weighted by Gasteiger charge is 2.35. The van der Waals surface area contributed by atoms with Gasteiger partial charge in [-0.3, -0.25) is 0 Å². The quantitative estimate of drug-likeness (QED) is 0.439. The minimum Gasteiger partial charge on any atom is -0.435 e. The van der Waals surface area contributed by atoms with Crippen LogP contribution in [0.15, 0.2) is 36.9 Å². The zero-order chi connectivity index (χ0) is 17.6. The fraction of sp³-hybridized carbons (Fsp3) is 0.556. The summed E-state index contributed by atoms with van der Waals surface area (Å²) in [6, 6.07) is 5.48. The molecule has 0 aliphatic heterocycles. The van der Waals surface area contributed by atoms with Gasteiger partial charge in [0.05, 0.1) is 6.61 Å². The van der Waals surface area contributed by atoms with Crippen molar-refractivity contribution in [3.05, 3.63) is 42.5 Å². The van der Waals surface area contributed by atoms with Gasteiger partial charge in [-0.05, 0) is 55.2 Å². The Balaban J connectivity index is 1.78. The van der Waals surface area contributed by atoms with E-state index in [0.717, 1.165) is 25.7 Å². The number of hydrogen-bond acceptors (Lipinski definition) is 2. The Labute approximate surface area is 139 Å². The summed E-state index contributed by atoms with van der Waals surface area (Å²) in [5, 5.41) is 0. The van der Waals surface area contributed by atoms with Crippen LogP contribution < -0.4 is 4.74 Å². The second-order valence-corrected chi connectivity index (χ2v) is 6.17. The molecule has 1 aliphatic carbocycles. The van der Waals surface area contributed by atoms with Gasteiger partial charge in [0.2, 0.25) is 0 Å². The molecule has 0 amide bonds. The van der Waals surface area contributed by atoms with E-state index in [4.69, 9.17) is 4.74 Å². The van der Waals surface area contributed by atoms with Crippen molar-refractivity contribution in [1.82, 2.24) is 0 Å². The molecule has 1 aromatic rings. The summed E-state index contributed by atoms with van der Waals surface area (Å²) >= 11 is 0. The van der Waals surface area contributed by atoms with Gasteiger partial charge >= 0.3 is 12.7 Å². The Bertz CT molecular complexity index is 508. The van der Waals surface area contributed by atoms with Gasteiger partial charge in [-0.25, -0.2) is 0 Å². The molecule has 0 atom stereocenters. The molecule has 0 bridgehead atoms. The van der Waals surface area contributed by atoms with Gasteiger partial charge < -0.3 is 9.47 Å². The lowest BCUT2D eigenvalue weighted by Crippen LogP contribution is -2.26. The van der Waals surface area contributed by atoms with Crippen molar-refractivity contribution >= 4 is 0 Å². The fourth-order valence-electron chi connectivity index (χ4n) is 2.98. The van der Waals surface area contributed by atoms with Gasteiger partial charge in [-0.15, -0.1) is 6.58 Å². The summed E-state index contributed by atoms with van der Waals surface area (Å²) in [6.45, 7) is 0.562. The monoisotopic (exact) mass is 346 g/mol. The molecule has 0 heterocycles. The number of hydrogen-bond donors (Lipinski definition) is 0. The first kappa shape index (κ1) is 18.8. The maximum absolute atomic E-state index is 14.0. The van der Waals surface area contributed by atoms with Gasteiger partial charge in [0, 0.05) is 6.42 Å². The highest BCUT2D eigenvalue weighted by molar-refractivity contribution is 5.26. The van der Waals surface area contributed by atoms with Gasteiger partial charge in [-0.1, -0.05) is 18.2 Å². The SMILES string of the molecule is C=CC1CCC(CC(F)(F)OCc2ccc(OC(F)F)cc2)CC1. The molecule has 1 aromatic carbocycles. The van der Waals surface area contributed by atoms with Crippen LogP contribution in [-0.2, 0) is 11.3 Å². The van der Waals surface area contributed by atoms with E-state index in [9.17, 15) is 17.6 Å². The van der Waals surface area contributed by atoms with Crippen molar-refractivity contribution in [1.29, 1.82) is 0 Å². The molecule has 0 saturated heterocycles. The summed E-state index contributed by atoms with van der Waals surface area (Å²) in [7, 11) is 0. The van der Waals surface area contributed by atoms with Gasteiger partial charge in [0.25, 0.3) is 0 Å². The molecule has 1 fully saturated rings. The Kier molecular flexibility index (Phi) is 6.66. The smallest absolute Gasteiger partial charge is 0.387 e. The lowest BCUT2D eigenvalue weighted by Gasteiger charge is -2.29. The van der Waals surface area contributed by atoms with Crippen molar-refractivity contribution in [2.24, 2.45) is 11.8 Å². The second kappa shape index (κ2) is 8.51. The third-order valence-electron chi connectivity index (χ3n) is 4.35. The predicted octanol–water partition coefficient (Wildman–Crippen LogP) is 5.78. The Morgan fingerprint density at radius 2 is 1.75 bits per heavy atom. The molecule has 1 aliphatic rings. The predicted molar refractivity (Wildman–Crippen MR) is 83.1 cm³/mol. The van der Waals surface area contributed by atoms with Crippen molar-refractivity contribution in [2.45, 2.75) is 51.4 Å². The number of allylic oxidation sites excluding steroid dienone is 1. The number of rotatable bonds is 8. The maximum Gasteiger partial charge on any atom is 0.387 e. The standard InChI is InChI=1S/C18H22F4O2/c1-2-13-3-5-14(6-4-13)11-18(21,22)23-12-15-7-9-16(10-8-15)24-17(19)20/h2,7-10,13-14,17H,1,3-6,11-12H2. The maximum atomic E-state index is 14.0. The van der Waals surface area contributed by atoms with Crippen LogP contribution in [0, 0.1) is 11.8 Å². The normalized spacial score (nSPS) is 21.7. The third kappa shape index (κ3) is 6.15. The van der Waals surface area contributed by atoms with Crippen molar-refractivity contribution < 1.29 is 27.0 Å². The molecule has 24 heavy (non-hydrogen) atoms. The zero-order valence-corrected chi connectivity index (χ0v) is 13.4.